The topological polar surface area (TPSA) is 58.4 Å². The van der Waals surface area contributed by atoms with Crippen molar-refractivity contribution in [3.05, 3.63) is 0 Å². The van der Waals surface area contributed by atoms with Crippen LogP contribution in [-0.4, -0.2) is 43.5 Å². The van der Waals surface area contributed by atoms with Gasteiger partial charge in [-0.1, -0.05) is 0 Å². The fourth-order valence-corrected chi connectivity index (χ4v) is 1.06. The van der Waals surface area contributed by atoms with Crippen molar-refractivity contribution in [3.63, 3.8) is 0 Å². The zero-order valence-corrected chi connectivity index (χ0v) is 8.84. The van der Waals surface area contributed by atoms with Crippen molar-refractivity contribution in [3.8, 4) is 0 Å². The highest BCUT2D eigenvalue weighted by molar-refractivity contribution is 5.81. The molecule has 0 spiro atoms. The van der Waals surface area contributed by atoms with Crippen LogP contribution >= 0.6 is 0 Å². The van der Waals surface area contributed by atoms with Gasteiger partial charge in [0.15, 0.2) is 0 Å². The molecule has 1 atom stereocenters. The second-order valence-electron chi connectivity index (χ2n) is 3.19. The first kappa shape index (κ1) is 12.4. The lowest BCUT2D eigenvalue weighted by atomic mass is 10.2. The van der Waals surface area contributed by atoms with E-state index in [9.17, 15) is 4.79 Å². The number of carbonyl (C=O) groups is 1. The Kier molecular flexibility index (Phi) is 6.54. The van der Waals surface area contributed by atoms with Crippen molar-refractivity contribution in [1.29, 1.82) is 0 Å². The van der Waals surface area contributed by atoms with E-state index in [4.69, 9.17) is 5.73 Å². The normalized spacial score (nSPS) is 13.0. The van der Waals surface area contributed by atoms with Gasteiger partial charge < -0.3 is 11.1 Å². The van der Waals surface area contributed by atoms with Gasteiger partial charge in [-0.2, -0.15) is 0 Å². The molecule has 0 aliphatic carbocycles. The summed E-state index contributed by atoms with van der Waals surface area (Å²) in [5, 5.41) is 2.79. The van der Waals surface area contributed by atoms with Gasteiger partial charge in [0, 0.05) is 6.54 Å². The number of nitrogens with zero attached hydrogens (tertiary/aromatic N) is 1. The van der Waals surface area contributed by atoms with Gasteiger partial charge in [-0.3, -0.25) is 9.69 Å². The highest BCUT2D eigenvalue weighted by Gasteiger charge is 2.15. The van der Waals surface area contributed by atoms with Crippen LogP contribution in [-0.2, 0) is 4.79 Å². The third kappa shape index (κ3) is 4.85. The summed E-state index contributed by atoms with van der Waals surface area (Å²) in [6.07, 6.45) is 0.931. The Balaban J connectivity index is 3.79. The van der Waals surface area contributed by atoms with Crippen LogP contribution < -0.4 is 11.1 Å². The molecule has 0 rings (SSSR count). The monoisotopic (exact) mass is 187 g/mol. The highest BCUT2D eigenvalue weighted by atomic mass is 16.2. The average molecular weight is 187 g/mol. The molecular weight excluding hydrogens is 166 g/mol. The first-order chi connectivity index (χ1) is 6.13. The Hall–Kier alpha value is -0.610. The van der Waals surface area contributed by atoms with Gasteiger partial charge in [0.25, 0.3) is 0 Å². The Morgan fingerprint density at radius 1 is 1.62 bits per heavy atom. The van der Waals surface area contributed by atoms with Gasteiger partial charge in [-0.15, -0.1) is 0 Å². The number of amides is 1. The number of carbonyl (C=O) groups excluding carboxylic acids is 1. The first-order valence-corrected chi connectivity index (χ1v) is 4.81. The summed E-state index contributed by atoms with van der Waals surface area (Å²) in [6, 6.07) is -0.0634. The van der Waals surface area contributed by atoms with Crippen LogP contribution in [0.4, 0.5) is 0 Å². The minimum Gasteiger partial charge on any atom is -0.355 e. The molecule has 1 unspecified atom stereocenters. The van der Waals surface area contributed by atoms with Crippen molar-refractivity contribution in [1.82, 2.24) is 10.2 Å². The fourth-order valence-electron chi connectivity index (χ4n) is 1.06. The summed E-state index contributed by atoms with van der Waals surface area (Å²) in [7, 11) is 1.94. The van der Waals surface area contributed by atoms with Crippen LogP contribution in [0.25, 0.3) is 0 Å². The Morgan fingerprint density at radius 3 is 2.69 bits per heavy atom. The maximum Gasteiger partial charge on any atom is 0.237 e. The lowest BCUT2D eigenvalue weighted by Gasteiger charge is -2.23. The van der Waals surface area contributed by atoms with Gasteiger partial charge in [-0.05, 0) is 40.4 Å². The highest BCUT2D eigenvalue weighted by Crippen LogP contribution is 1.96. The van der Waals surface area contributed by atoms with Crippen molar-refractivity contribution < 1.29 is 4.79 Å². The van der Waals surface area contributed by atoms with Crippen LogP contribution in [0.3, 0.4) is 0 Å². The lowest BCUT2D eigenvalue weighted by molar-refractivity contribution is -0.125. The molecule has 0 aromatic heterocycles. The Morgan fingerprint density at radius 2 is 2.23 bits per heavy atom. The fraction of sp³-hybridized carbons (Fsp3) is 0.889. The van der Waals surface area contributed by atoms with Crippen LogP contribution in [0.5, 0.6) is 0 Å². The van der Waals surface area contributed by atoms with Crippen molar-refractivity contribution >= 4 is 5.91 Å². The first-order valence-electron chi connectivity index (χ1n) is 4.81. The summed E-state index contributed by atoms with van der Waals surface area (Å²) in [6.45, 7) is 6.06. The van der Waals surface area contributed by atoms with Crippen LogP contribution in [0, 0.1) is 0 Å². The van der Waals surface area contributed by atoms with E-state index < -0.39 is 0 Å². The molecule has 0 aromatic carbocycles. The molecule has 13 heavy (non-hydrogen) atoms. The molecule has 0 aromatic rings. The molecule has 3 N–H and O–H groups in total. The molecule has 0 fully saturated rings. The van der Waals surface area contributed by atoms with Gasteiger partial charge >= 0.3 is 0 Å². The molecule has 0 saturated heterocycles. The van der Waals surface area contributed by atoms with E-state index >= 15 is 0 Å². The van der Waals surface area contributed by atoms with E-state index in [1.54, 1.807) is 0 Å². The molecule has 1 amide bonds. The van der Waals surface area contributed by atoms with Gasteiger partial charge in [-0.25, -0.2) is 0 Å². The molecule has 0 aliphatic rings. The van der Waals surface area contributed by atoms with Crippen LogP contribution in [0.2, 0.25) is 0 Å². The minimum atomic E-state index is -0.0634. The molecule has 4 heteroatoms. The SMILES string of the molecule is CCNC(=O)C(C)N(C)CCCN. The third-order valence-corrected chi connectivity index (χ3v) is 2.11. The van der Waals surface area contributed by atoms with E-state index in [2.05, 4.69) is 5.32 Å². The predicted molar refractivity (Wildman–Crippen MR) is 54.4 cm³/mol. The zero-order chi connectivity index (χ0) is 10.3. The van der Waals surface area contributed by atoms with E-state index in [1.807, 2.05) is 25.8 Å². The molecule has 78 valence electrons. The quantitative estimate of drug-likeness (QED) is 0.605. The maximum atomic E-state index is 11.4. The lowest BCUT2D eigenvalue weighted by Crippen LogP contribution is -2.43. The number of rotatable bonds is 6. The summed E-state index contributed by atoms with van der Waals surface area (Å²) in [4.78, 5) is 13.4. The summed E-state index contributed by atoms with van der Waals surface area (Å²) < 4.78 is 0. The van der Waals surface area contributed by atoms with Gasteiger partial charge in [0.2, 0.25) is 5.91 Å². The molecule has 0 radical (unpaired) electrons. The van der Waals surface area contributed by atoms with E-state index in [-0.39, 0.29) is 11.9 Å². The smallest absolute Gasteiger partial charge is 0.237 e. The standard InChI is InChI=1S/C9H21N3O/c1-4-11-9(13)8(2)12(3)7-5-6-10/h8H,4-7,10H2,1-3H3,(H,11,13). The van der Waals surface area contributed by atoms with E-state index in [0.29, 0.717) is 13.1 Å². The average Bonchev–Trinajstić information content (AvgIpc) is 2.13. The Bertz CT molecular complexity index is 150. The Labute approximate surface area is 80.5 Å². The molecule has 0 saturated carbocycles. The predicted octanol–water partition coefficient (Wildman–Crippen LogP) is -0.208. The number of hydrogen-bond acceptors (Lipinski definition) is 3. The molecule has 0 aliphatic heterocycles. The van der Waals surface area contributed by atoms with Crippen molar-refractivity contribution in [2.24, 2.45) is 5.73 Å². The summed E-state index contributed by atoms with van der Waals surface area (Å²) >= 11 is 0. The van der Waals surface area contributed by atoms with Crippen LogP contribution in [0.1, 0.15) is 20.3 Å². The van der Waals surface area contributed by atoms with E-state index in [0.717, 1.165) is 13.0 Å². The third-order valence-electron chi connectivity index (χ3n) is 2.11. The molecule has 0 heterocycles. The second kappa shape index (κ2) is 6.86. The molecular formula is C9H21N3O. The van der Waals surface area contributed by atoms with Gasteiger partial charge in [0.05, 0.1) is 6.04 Å². The second-order valence-corrected chi connectivity index (χ2v) is 3.19. The maximum absolute atomic E-state index is 11.4. The van der Waals surface area contributed by atoms with Crippen molar-refractivity contribution in [2.75, 3.05) is 26.7 Å². The molecule has 4 nitrogen and oxygen atoms in total. The zero-order valence-electron chi connectivity index (χ0n) is 8.84. The number of nitrogens with two attached hydrogens (primary N) is 1. The number of nitrogens with one attached hydrogen (secondary N) is 1. The minimum absolute atomic E-state index is 0.0634. The van der Waals surface area contributed by atoms with Crippen molar-refractivity contribution in [2.45, 2.75) is 26.3 Å². The summed E-state index contributed by atoms with van der Waals surface area (Å²) in [5.74, 6) is 0.0852. The summed E-state index contributed by atoms with van der Waals surface area (Å²) in [5.41, 5.74) is 5.38. The van der Waals surface area contributed by atoms with Crippen LogP contribution in [0.15, 0.2) is 0 Å². The number of hydrogen-bond donors (Lipinski definition) is 2. The number of likely N-dealkylation sites (N-methyl/N-ethyl adjacent to an activating group) is 2. The van der Waals surface area contributed by atoms with E-state index in [1.165, 1.54) is 0 Å². The van der Waals surface area contributed by atoms with Gasteiger partial charge in [0.1, 0.15) is 0 Å². The molecule has 0 bridgehead atoms. The largest absolute Gasteiger partial charge is 0.355 e.